The van der Waals surface area contributed by atoms with Crippen molar-refractivity contribution in [3.8, 4) is 0 Å². The van der Waals surface area contributed by atoms with E-state index in [2.05, 4.69) is 33.0 Å². The van der Waals surface area contributed by atoms with Crippen LogP contribution in [0.4, 0.5) is 0 Å². The maximum absolute atomic E-state index is 9.39. The first kappa shape index (κ1) is 12.0. The molecular formula is C12H25NO. The maximum atomic E-state index is 9.39. The van der Waals surface area contributed by atoms with Crippen molar-refractivity contribution >= 4 is 0 Å². The van der Waals surface area contributed by atoms with Crippen molar-refractivity contribution in [3.05, 3.63) is 0 Å². The summed E-state index contributed by atoms with van der Waals surface area (Å²) in [6, 6.07) is 1.16. The fourth-order valence-electron chi connectivity index (χ4n) is 1.85. The highest BCUT2D eigenvalue weighted by Gasteiger charge is 2.25. The summed E-state index contributed by atoms with van der Waals surface area (Å²) in [4.78, 5) is 0. The van der Waals surface area contributed by atoms with Crippen molar-refractivity contribution in [2.45, 2.75) is 71.6 Å². The molecule has 1 atom stereocenters. The summed E-state index contributed by atoms with van der Waals surface area (Å²) in [5.41, 5.74) is 0.329. The van der Waals surface area contributed by atoms with E-state index in [4.69, 9.17) is 0 Å². The molecule has 1 aliphatic rings. The van der Waals surface area contributed by atoms with E-state index in [0.29, 0.717) is 17.5 Å². The number of hydrogen-bond acceptors (Lipinski definition) is 2. The van der Waals surface area contributed by atoms with Gasteiger partial charge in [0.1, 0.15) is 0 Å². The van der Waals surface area contributed by atoms with Gasteiger partial charge in [0.25, 0.3) is 0 Å². The van der Waals surface area contributed by atoms with Crippen molar-refractivity contribution in [1.29, 1.82) is 0 Å². The first-order chi connectivity index (χ1) is 6.39. The Morgan fingerprint density at radius 1 is 1.14 bits per heavy atom. The first-order valence-corrected chi connectivity index (χ1v) is 5.83. The molecule has 0 amide bonds. The molecular weight excluding hydrogens is 174 g/mol. The molecule has 1 fully saturated rings. The molecule has 0 heterocycles. The number of hydrogen-bond donors (Lipinski definition) is 2. The normalized spacial score (nSPS) is 31.5. The maximum Gasteiger partial charge on any atom is 0.0541 e. The van der Waals surface area contributed by atoms with Gasteiger partial charge in [-0.25, -0.2) is 0 Å². The SMILES string of the molecule is CC(NC1CCC(O)CC1)C(C)(C)C. The molecule has 0 radical (unpaired) electrons. The van der Waals surface area contributed by atoms with E-state index in [9.17, 15) is 5.11 Å². The van der Waals surface area contributed by atoms with Crippen LogP contribution in [-0.4, -0.2) is 23.3 Å². The first-order valence-electron chi connectivity index (χ1n) is 5.83. The van der Waals surface area contributed by atoms with Gasteiger partial charge in [-0.15, -0.1) is 0 Å². The van der Waals surface area contributed by atoms with Crippen LogP contribution in [-0.2, 0) is 0 Å². The molecule has 1 unspecified atom stereocenters. The molecule has 1 saturated carbocycles. The zero-order chi connectivity index (χ0) is 10.8. The highest BCUT2D eigenvalue weighted by molar-refractivity contribution is 4.83. The largest absolute Gasteiger partial charge is 0.393 e. The average molecular weight is 199 g/mol. The molecule has 14 heavy (non-hydrogen) atoms. The van der Waals surface area contributed by atoms with Crippen LogP contribution in [0.5, 0.6) is 0 Å². The molecule has 0 bridgehead atoms. The van der Waals surface area contributed by atoms with Gasteiger partial charge < -0.3 is 10.4 Å². The topological polar surface area (TPSA) is 32.3 Å². The molecule has 1 rings (SSSR count). The lowest BCUT2D eigenvalue weighted by molar-refractivity contribution is 0.109. The molecule has 2 heteroatoms. The van der Waals surface area contributed by atoms with E-state index >= 15 is 0 Å². The number of aliphatic hydroxyl groups is 1. The Morgan fingerprint density at radius 3 is 2.07 bits per heavy atom. The van der Waals surface area contributed by atoms with Gasteiger partial charge in [-0.3, -0.25) is 0 Å². The summed E-state index contributed by atoms with van der Waals surface area (Å²) in [6.45, 7) is 9.05. The van der Waals surface area contributed by atoms with Crippen LogP contribution < -0.4 is 5.32 Å². The number of rotatable bonds is 2. The highest BCUT2D eigenvalue weighted by Crippen LogP contribution is 2.23. The van der Waals surface area contributed by atoms with Crippen LogP contribution in [0.15, 0.2) is 0 Å². The van der Waals surface area contributed by atoms with E-state index in [0.717, 1.165) is 25.7 Å². The predicted molar refractivity (Wildman–Crippen MR) is 60.3 cm³/mol. The molecule has 2 nitrogen and oxygen atoms in total. The van der Waals surface area contributed by atoms with E-state index in [1.165, 1.54) is 0 Å². The van der Waals surface area contributed by atoms with Gasteiger partial charge in [-0.2, -0.15) is 0 Å². The Bertz CT molecular complexity index is 166. The minimum Gasteiger partial charge on any atom is -0.393 e. The fourth-order valence-corrected chi connectivity index (χ4v) is 1.85. The molecule has 0 aromatic carbocycles. The lowest BCUT2D eigenvalue weighted by Gasteiger charge is -2.35. The van der Waals surface area contributed by atoms with Gasteiger partial charge in [0, 0.05) is 12.1 Å². The van der Waals surface area contributed by atoms with Crippen LogP contribution in [0.1, 0.15) is 53.4 Å². The second-order valence-corrected chi connectivity index (χ2v) is 5.76. The molecule has 0 aromatic heterocycles. The molecule has 0 aromatic rings. The van der Waals surface area contributed by atoms with Crippen molar-refractivity contribution in [2.75, 3.05) is 0 Å². The van der Waals surface area contributed by atoms with Crippen molar-refractivity contribution in [1.82, 2.24) is 5.32 Å². The third kappa shape index (κ3) is 3.58. The summed E-state index contributed by atoms with van der Waals surface area (Å²) >= 11 is 0. The van der Waals surface area contributed by atoms with E-state index < -0.39 is 0 Å². The Labute approximate surface area is 88.1 Å². The number of aliphatic hydroxyl groups excluding tert-OH is 1. The van der Waals surface area contributed by atoms with Gasteiger partial charge in [-0.05, 0) is 38.0 Å². The summed E-state index contributed by atoms with van der Waals surface area (Å²) in [7, 11) is 0. The molecule has 0 spiro atoms. The summed E-state index contributed by atoms with van der Waals surface area (Å²) in [6.07, 6.45) is 4.14. The molecule has 0 aliphatic heterocycles. The monoisotopic (exact) mass is 199 g/mol. The highest BCUT2D eigenvalue weighted by atomic mass is 16.3. The summed E-state index contributed by atoms with van der Waals surface area (Å²) in [5.74, 6) is 0. The van der Waals surface area contributed by atoms with Crippen LogP contribution in [0, 0.1) is 5.41 Å². The van der Waals surface area contributed by atoms with Gasteiger partial charge in [0.2, 0.25) is 0 Å². The summed E-state index contributed by atoms with van der Waals surface area (Å²) in [5, 5.41) is 13.1. The lowest BCUT2D eigenvalue weighted by Crippen LogP contribution is -2.45. The van der Waals surface area contributed by atoms with E-state index in [1.807, 2.05) is 0 Å². The fraction of sp³-hybridized carbons (Fsp3) is 1.00. The van der Waals surface area contributed by atoms with E-state index in [1.54, 1.807) is 0 Å². The zero-order valence-corrected chi connectivity index (χ0v) is 10.0. The van der Waals surface area contributed by atoms with E-state index in [-0.39, 0.29) is 6.10 Å². The molecule has 84 valence electrons. The second-order valence-electron chi connectivity index (χ2n) is 5.76. The van der Waals surface area contributed by atoms with Gasteiger partial charge >= 0.3 is 0 Å². The second kappa shape index (κ2) is 4.63. The third-order valence-electron chi connectivity index (χ3n) is 3.48. The van der Waals surface area contributed by atoms with Gasteiger partial charge in [0.05, 0.1) is 6.10 Å². The third-order valence-corrected chi connectivity index (χ3v) is 3.48. The van der Waals surface area contributed by atoms with Crippen LogP contribution in [0.2, 0.25) is 0 Å². The minimum absolute atomic E-state index is 0.0435. The van der Waals surface area contributed by atoms with Crippen LogP contribution in [0.3, 0.4) is 0 Å². The Morgan fingerprint density at radius 2 is 1.64 bits per heavy atom. The Balaban J connectivity index is 2.31. The van der Waals surface area contributed by atoms with Crippen molar-refractivity contribution in [3.63, 3.8) is 0 Å². The smallest absolute Gasteiger partial charge is 0.0541 e. The van der Waals surface area contributed by atoms with Crippen LogP contribution in [0.25, 0.3) is 0 Å². The average Bonchev–Trinajstić information content (AvgIpc) is 2.07. The molecule has 0 saturated heterocycles. The van der Waals surface area contributed by atoms with Crippen LogP contribution >= 0.6 is 0 Å². The zero-order valence-electron chi connectivity index (χ0n) is 10.0. The van der Waals surface area contributed by atoms with Crippen molar-refractivity contribution < 1.29 is 5.11 Å². The molecule has 1 aliphatic carbocycles. The lowest BCUT2D eigenvalue weighted by atomic mass is 9.85. The Kier molecular flexibility index (Phi) is 3.96. The number of nitrogens with one attached hydrogen (secondary N) is 1. The van der Waals surface area contributed by atoms with Gasteiger partial charge in [-0.1, -0.05) is 20.8 Å². The standard InChI is InChI=1S/C12H25NO/c1-9(12(2,3)4)13-10-5-7-11(14)8-6-10/h9-11,13-14H,5-8H2,1-4H3. The Hall–Kier alpha value is -0.0800. The quantitative estimate of drug-likeness (QED) is 0.715. The van der Waals surface area contributed by atoms with Crippen molar-refractivity contribution in [2.24, 2.45) is 5.41 Å². The van der Waals surface area contributed by atoms with Gasteiger partial charge in [0.15, 0.2) is 0 Å². The molecule has 2 N–H and O–H groups in total. The summed E-state index contributed by atoms with van der Waals surface area (Å²) < 4.78 is 0. The predicted octanol–water partition coefficient (Wildman–Crippen LogP) is 2.31. The minimum atomic E-state index is -0.0435.